The van der Waals surface area contributed by atoms with Crippen LogP contribution in [0.3, 0.4) is 0 Å². The van der Waals surface area contributed by atoms with Gasteiger partial charge in [0.05, 0.1) is 13.0 Å². The fourth-order valence-corrected chi connectivity index (χ4v) is 2.11. The van der Waals surface area contributed by atoms with Crippen LogP contribution < -0.4 is 4.74 Å². The zero-order chi connectivity index (χ0) is 14.5. The summed E-state index contributed by atoms with van der Waals surface area (Å²) in [6.07, 6.45) is 0.236. The summed E-state index contributed by atoms with van der Waals surface area (Å²) in [7, 11) is 1.39. The van der Waals surface area contributed by atoms with Crippen molar-refractivity contribution in [3.8, 4) is 5.75 Å². The van der Waals surface area contributed by atoms with Gasteiger partial charge in [0.25, 0.3) is 0 Å². The van der Waals surface area contributed by atoms with Gasteiger partial charge in [-0.25, -0.2) is 4.39 Å². The molecule has 0 aliphatic heterocycles. The molecule has 0 fully saturated rings. The lowest BCUT2D eigenvalue weighted by molar-refractivity contribution is -0.138. The van der Waals surface area contributed by atoms with Crippen molar-refractivity contribution in [2.75, 3.05) is 7.11 Å². The molecule has 2 rings (SSSR count). The molecule has 0 spiro atoms. The number of carboxylic acid groups (broad SMARTS) is 1. The van der Waals surface area contributed by atoms with E-state index in [9.17, 15) is 14.3 Å². The van der Waals surface area contributed by atoms with E-state index in [1.165, 1.54) is 19.2 Å². The third-order valence-corrected chi connectivity index (χ3v) is 3.16. The summed E-state index contributed by atoms with van der Waals surface area (Å²) in [4.78, 5) is 11.4. The van der Waals surface area contributed by atoms with Crippen molar-refractivity contribution < 1.29 is 19.0 Å². The van der Waals surface area contributed by atoms with Gasteiger partial charge in [-0.15, -0.1) is 0 Å². The lowest BCUT2D eigenvalue weighted by atomic mass is 9.92. The van der Waals surface area contributed by atoms with Crippen LogP contribution in [0.1, 0.15) is 17.0 Å². The van der Waals surface area contributed by atoms with E-state index in [-0.39, 0.29) is 12.2 Å². The predicted molar refractivity (Wildman–Crippen MR) is 73.5 cm³/mol. The Kier molecular flexibility index (Phi) is 4.35. The van der Waals surface area contributed by atoms with E-state index in [0.717, 1.165) is 0 Å². The smallest absolute Gasteiger partial charge is 0.311 e. The normalized spacial score (nSPS) is 11.9. The number of benzene rings is 2. The van der Waals surface area contributed by atoms with Crippen LogP contribution in [0, 0.1) is 5.82 Å². The highest BCUT2D eigenvalue weighted by atomic mass is 19.1. The third-order valence-electron chi connectivity index (χ3n) is 3.16. The van der Waals surface area contributed by atoms with Gasteiger partial charge in [-0.3, -0.25) is 4.79 Å². The molecule has 1 N–H and O–H groups in total. The van der Waals surface area contributed by atoms with E-state index < -0.39 is 17.7 Å². The number of carbonyl (C=O) groups is 1. The Hall–Kier alpha value is -2.36. The maximum atomic E-state index is 13.6. The number of halogens is 1. The van der Waals surface area contributed by atoms with Crippen molar-refractivity contribution in [2.45, 2.75) is 12.3 Å². The molecule has 0 amide bonds. The molecule has 4 heteroatoms. The molecule has 3 nitrogen and oxygen atoms in total. The average Bonchev–Trinajstić information content (AvgIpc) is 2.45. The Morgan fingerprint density at radius 2 is 1.95 bits per heavy atom. The van der Waals surface area contributed by atoms with Crippen molar-refractivity contribution >= 4 is 5.97 Å². The number of aliphatic carboxylic acids is 1. The zero-order valence-corrected chi connectivity index (χ0v) is 11.0. The second-order valence-electron chi connectivity index (χ2n) is 4.47. The van der Waals surface area contributed by atoms with Gasteiger partial charge in [-0.1, -0.05) is 36.4 Å². The molecule has 1 atom stereocenters. The Morgan fingerprint density at radius 3 is 2.50 bits per heavy atom. The molecule has 0 aliphatic carbocycles. The lowest BCUT2D eigenvalue weighted by Gasteiger charge is -2.13. The first-order chi connectivity index (χ1) is 9.61. The standard InChI is InChI=1S/C16H15FO3/c1-20-15-8-7-11(10-14(15)17)9-13(16(18)19)12-5-3-2-4-6-12/h2-8,10,13H,9H2,1H3,(H,18,19). The van der Waals surface area contributed by atoms with Crippen LogP contribution >= 0.6 is 0 Å². The van der Waals surface area contributed by atoms with Crippen LogP contribution in [-0.4, -0.2) is 18.2 Å². The van der Waals surface area contributed by atoms with Gasteiger partial charge >= 0.3 is 5.97 Å². The summed E-state index contributed by atoms with van der Waals surface area (Å²) < 4.78 is 18.5. The van der Waals surface area contributed by atoms with Gasteiger partial charge in [-0.2, -0.15) is 0 Å². The van der Waals surface area contributed by atoms with Gasteiger partial charge in [0, 0.05) is 0 Å². The second kappa shape index (κ2) is 6.19. The van der Waals surface area contributed by atoms with Crippen LogP contribution in [0.5, 0.6) is 5.75 Å². The topological polar surface area (TPSA) is 46.5 Å². The Balaban J connectivity index is 2.25. The molecule has 2 aromatic rings. The first-order valence-corrected chi connectivity index (χ1v) is 6.22. The molecule has 1 unspecified atom stereocenters. The van der Waals surface area contributed by atoms with Gasteiger partial charge in [0.2, 0.25) is 0 Å². The Bertz CT molecular complexity index is 596. The minimum atomic E-state index is -0.924. The summed E-state index contributed by atoms with van der Waals surface area (Å²) >= 11 is 0. The predicted octanol–water partition coefficient (Wildman–Crippen LogP) is 3.25. The van der Waals surface area contributed by atoms with E-state index >= 15 is 0 Å². The minimum absolute atomic E-state index is 0.153. The van der Waals surface area contributed by atoms with E-state index in [1.54, 1.807) is 30.3 Å². The molecule has 104 valence electrons. The van der Waals surface area contributed by atoms with Crippen molar-refractivity contribution in [1.29, 1.82) is 0 Å². The molecule has 0 radical (unpaired) electrons. The second-order valence-corrected chi connectivity index (χ2v) is 4.47. The molecule has 0 bridgehead atoms. The highest BCUT2D eigenvalue weighted by molar-refractivity contribution is 5.76. The van der Waals surface area contributed by atoms with Crippen LogP contribution in [0.4, 0.5) is 4.39 Å². The monoisotopic (exact) mass is 274 g/mol. The zero-order valence-electron chi connectivity index (χ0n) is 11.0. The van der Waals surface area contributed by atoms with Gasteiger partial charge in [-0.05, 0) is 29.7 Å². The SMILES string of the molecule is COc1ccc(CC(C(=O)O)c2ccccc2)cc1F. The molecule has 0 aromatic heterocycles. The third kappa shape index (κ3) is 3.15. The summed E-state index contributed by atoms with van der Waals surface area (Å²) in [6, 6.07) is 13.4. The van der Waals surface area contributed by atoms with E-state index in [0.29, 0.717) is 11.1 Å². The van der Waals surface area contributed by atoms with Gasteiger partial charge in [0.1, 0.15) is 0 Å². The first kappa shape index (κ1) is 14.1. The largest absolute Gasteiger partial charge is 0.494 e. The van der Waals surface area contributed by atoms with Gasteiger partial charge in [0.15, 0.2) is 11.6 Å². The summed E-state index contributed by atoms with van der Waals surface area (Å²) in [6.45, 7) is 0. The molecular formula is C16H15FO3. The highest BCUT2D eigenvalue weighted by Gasteiger charge is 2.20. The lowest BCUT2D eigenvalue weighted by Crippen LogP contribution is -2.14. The number of rotatable bonds is 5. The quantitative estimate of drug-likeness (QED) is 0.910. The fraction of sp³-hybridized carbons (Fsp3) is 0.188. The van der Waals surface area contributed by atoms with Crippen molar-refractivity contribution in [1.82, 2.24) is 0 Å². The minimum Gasteiger partial charge on any atom is -0.494 e. The Morgan fingerprint density at radius 1 is 1.25 bits per heavy atom. The number of hydrogen-bond donors (Lipinski definition) is 1. The number of ether oxygens (including phenoxy) is 1. The molecule has 0 heterocycles. The van der Waals surface area contributed by atoms with Crippen LogP contribution in [0.2, 0.25) is 0 Å². The van der Waals surface area contributed by atoms with Gasteiger partial charge < -0.3 is 9.84 Å². The fourth-order valence-electron chi connectivity index (χ4n) is 2.11. The summed E-state index contributed by atoms with van der Waals surface area (Å²) in [5, 5.41) is 9.34. The maximum absolute atomic E-state index is 13.6. The molecular weight excluding hydrogens is 259 g/mol. The number of hydrogen-bond acceptors (Lipinski definition) is 2. The molecule has 0 saturated heterocycles. The number of methoxy groups -OCH3 is 1. The summed E-state index contributed by atoms with van der Waals surface area (Å²) in [5.74, 6) is -1.95. The molecule has 0 aliphatic rings. The first-order valence-electron chi connectivity index (χ1n) is 6.22. The van der Waals surface area contributed by atoms with E-state index in [2.05, 4.69) is 0 Å². The van der Waals surface area contributed by atoms with Crippen molar-refractivity contribution in [2.24, 2.45) is 0 Å². The van der Waals surface area contributed by atoms with E-state index in [1.807, 2.05) is 6.07 Å². The van der Waals surface area contributed by atoms with Crippen LogP contribution in [0.15, 0.2) is 48.5 Å². The Labute approximate surface area is 116 Å². The highest BCUT2D eigenvalue weighted by Crippen LogP contribution is 2.24. The van der Waals surface area contributed by atoms with Crippen LogP contribution in [-0.2, 0) is 11.2 Å². The number of carboxylic acids is 1. The van der Waals surface area contributed by atoms with Crippen molar-refractivity contribution in [3.05, 3.63) is 65.5 Å². The maximum Gasteiger partial charge on any atom is 0.311 e. The van der Waals surface area contributed by atoms with Crippen LogP contribution in [0.25, 0.3) is 0 Å². The summed E-state index contributed by atoms with van der Waals surface area (Å²) in [5.41, 5.74) is 1.33. The van der Waals surface area contributed by atoms with E-state index in [4.69, 9.17) is 4.74 Å². The molecule has 0 saturated carbocycles. The average molecular weight is 274 g/mol. The molecule has 20 heavy (non-hydrogen) atoms. The molecule has 2 aromatic carbocycles. The van der Waals surface area contributed by atoms with Crippen molar-refractivity contribution in [3.63, 3.8) is 0 Å².